The maximum absolute atomic E-state index is 11.2. The highest BCUT2D eigenvalue weighted by molar-refractivity contribution is 6.30. The Kier molecular flexibility index (Phi) is 6.37. The van der Waals surface area contributed by atoms with Crippen LogP contribution >= 0.6 is 11.6 Å². The van der Waals surface area contributed by atoms with Gasteiger partial charge in [0.25, 0.3) is 0 Å². The van der Waals surface area contributed by atoms with Crippen molar-refractivity contribution in [2.75, 3.05) is 35.2 Å². The Bertz CT molecular complexity index is 882. The molecule has 30 heavy (non-hydrogen) atoms. The number of nitrogens with zero attached hydrogens (tertiary/aromatic N) is 4. The Morgan fingerprint density at radius 1 is 1.20 bits per heavy atom. The number of hydrogen-bond donors (Lipinski definition) is 2. The zero-order chi connectivity index (χ0) is 21.1. The van der Waals surface area contributed by atoms with Gasteiger partial charge >= 0.3 is 0 Å². The number of piperidine rings is 1. The molecule has 0 bridgehead atoms. The predicted molar refractivity (Wildman–Crippen MR) is 120 cm³/mol. The quantitative estimate of drug-likeness (QED) is 0.689. The van der Waals surface area contributed by atoms with Gasteiger partial charge < -0.3 is 15.5 Å². The summed E-state index contributed by atoms with van der Waals surface area (Å²) >= 11 is 5.89. The van der Waals surface area contributed by atoms with Crippen LogP contribution in [-0.4, -0.2) is 40.5 Å². The van der Waals surface area contributed by atoms with Gasteiger partial charge in [0.05, 0.1) is 29.3 Å². The highest BCUT2D eigenvalue weighted by Gasteiger charge is 2.43. The highest BCUT2D eigenvalue weighted by Crippen LogP contribution is 2.49. The minimum absolute atomic E-state index is 0.0769. The molecular formula is C22H29ClN6O. The van der Waals surface area contributed by atoms with Gasteiger partial charge in [-0.05, 0) is 62.0 Å². The van der Waals surface area contributed by atoms with E-state index in [0.717, 1.165) is 60.4 Å². The number of amides is 1. The summed E-state index contributed by atoms with van der Waals surface area (Å²) < 4.78 is 0. The van der Waals surface area contributed by atoms with Gasteiger partial charge in [-0.1, -0.05) is 11.6 Å². The number of anilines is 3. The monoisotopic (exact) mass is 428 g/mol. The average molecular weight is 429 g/mol. The normalized spacial score (nSPS) is 21.4. The first-order chi connectivity index (χ1) is 14.5. The average Bonchev–Trinajstić information content (AvgIpc) is 3.50. The number of aromatic nitrogens is 3. The smallest absolute Gasteiger partial charge is 0.225 e. The van der Waals surface area contributed by atoms with Crippen molar-refractivity contribution in [3.63, 3.8) is 0 Å². The van der Waals surface area contributed by atoms with Gasteiger partial charge in [-0.15, -0.1) is 0 Å². The number of pyridine rings is 1. The number of halogens is 1. The fraction of sp³-hybridized carbons (Fsp3) is 0.545. The molecule has 2 unspecified atom stereocenters. The first-order valence-electron chi connectivity index (χ1n) is 10.7. The van der Waals surface area contributed by atoms with Crippen molar-refractivity contribution < 1.29 is 4.79 Å². The van der Waals surface area contributed by atoms with Crippen LogP contribution < -0.4 is 15.5 Å². The van der Waals surface area contributed by atoms with E-state index in [4.69, 9.17) is 11.6 Å². The Hall–Kier alpha value is -2.41. The van der Waals surface area contributed by atoms with Crippen LogP contribution in [0.3, 0.4) is 0 Å². The van der Waals surface area contributed by atoms with E-state index >= 15 is 0 Å². The van der Waals surface area contributed by atoms with Gasteiger partial charge in [0.1, 0.15) is 5.82 Å². The number of carbonyl (C=O) groups is 1. The van der Waals surface area contributed by atoms with E-state index in [0.29, 0.717) is 5.02 Å². The van der Waals surface area contributed by atoms with Crippen LogP contribution in [0.4, 0.5) is 17.5 Å². The molecule has 1 aliphatic carbocycles. The van der Waals surface area contributed by atoms with Crippen molar-refractivity contribution in [1.82, 2.24) is 15.0 Å². The second-order valence-electron chi connectivity index (χ2n) is 8.47. The first-order valence-corrected chi connectivity index (χ1v) is 11.1. The SMILES string of the molecule is CC(=O)Nc1cnc(NCCC2CC2C2CCN(c3ncc(Cl)cn3)CC2)cc1C. The molecule has 2 aliphatic rings. The fourth-order valence-corrected chi connectivity index (χ4v) is 4.63. The molecule has 7 nitrogen and oxygen atoms in total. The maximum Gasteiger partial charge on any atom is 0.225 e. The molecule has 2 N–H and O–H groups in total. The number of hydrogen-bond acceptors (Lipinski definition) is 6. The lowest BCUT2D eigenvalue weighted by Gasteiger charge is -2.32. The lowest BCUT2D eigenvalue weighted by molar-refractivity contribution is -0.114. The summed E-state index contributed by atoms with van der Waals surface area (Å²) in [5, 5.41) is 6.81. The van der Waals surface area contributed by atoms with Gasteiger partial charge in [0, 0.05) is 26.6 Å². The molecule has 2 aromatic heterocycles. The van der Waals surface area contributed by atoms with Crippen molar-refractivity contribution in [2.45, 2.75) is 39.5 Å². The molecule has 1 aliphatic heterocycles. The molecule has 160 valence electrons. The molecule has 2 aromatic rings. The van der Waals surface area contributed by atoms with Gasteiger partial charge in [-0.3, -0.25) is 4.79 Å². The van der Waals surface area contributed by atoms with Crippen molar-refractivity contribution in [3.8, 4) is 0 Å². The Morgan fingerprint density at radius 2 is 1.93 bits per heavy atom. The summed E-state index contributed by atoms with van der Waals surface area (Å²) in [7, 11) is 0. The first kappa shape index (κ1) is 20.8. The molecule has 0 aromatic carbocycles. The topological polar surface area (TPSA) is 83.0 Å². The molecule has 1 amide bonds. The van der Waals surface area contributed by atoms with Crippen LogP contribution in [-0.2, 0) is 4.79 Å². The summed E-state index contributed by atoms with van der Waals surface area (Å²) in [5.41, 5.74) is 1.79. The van der Waals surface area contributed by atoms with Gasteiger partial charge in [-0.25, -0.2) is 15.0 Å². The zero-order valence-electron chi connectivity index (χ0n) is 17.6. The standard InChI is InChI=1S/C22H29ClN6O/c1-14-9-21(25-13-20(14)28-15(2)30)24-6-3-17-10-19(17)16-4-7-29(8-5-16)22-26-11-18(23)12-27-22/h9,11-13,16-17,19H,3-8,10H2,1-2H3,(H,24,25)(H,28,30). The molecular weight excluding hydrogens is 400 g/mol. The molecule has 3 heterocycles. The van der Waals surface area contributed by atoms with E-state index in [1.54, 1.807) is 18.6 Å². The predicted octanol–water partition coefficient (Wildman–Crippen LogP) is 4.15. The van der Waals surface area contributed by atoms with Crippen molar-refractivity contribution >= 4 is 35.0 Å². The minimum atomic E-state index is -0.0769. The molecule has 1 saturated heterocycles. The Morgan fingerprint density at radius 3 is 2.60 bits per heavy atom. The molecule has 4 rings (SSSR count). The van der Waals surface area contributed by atoms with Gasteiger partial charge in [0.2, 0.25) is 11.9 Å². The summed E-state index contributed by atoms with van der Waals surface area (Å²) in [6, 6.07) is 1.99. The van der Waals surface area contributed by atoms with Crippen LogP contribution in [0.2, 0.25) is 5.02 Å². The van der Waals surface area contributed by atoms with E-state index in [2.05, 4.69) is 30.5 Å². The summed E-state index contributed by atoms with van der Waals surface area (Å²) in [4.78, 5) is 26.6. The number of nitrogens with one attached hydrogen (secondary N) is 2. The van der Waals surface area contributed by atoms with E-state index < -0.39 is 0 Å². The second-order valence-corrected chi connectivity index (χ2v) is 8.90. The van der Waals surface area contributed by atoms with Crippen molar-refractivity contribution in [1.29, 1.82) is 0 Å². The van der Waals surface area contributed by atoms with E-state index in [1.165, 1.54) is 32.6 Å². The van der Waals surface area contributed by atoms with E-state index in [1.807, 2.05) is 13.0 Å². The third-order valence-corrected chi connectivity index (χ3v) is 6.45. The van der Waals surface area contributed by atoms with Crippen LogP contribution in [0.5, 0.6) is 0 Å². The highest BCUT2D eigenvalue weighted by atomic mass is 35.5. The lowest BCUT2D eigenvalue weighted by atomic mass is 9.90. The van der Waals surface area contributed by atoms with Crippen LogP contribution in [0.25, 0.3) is 0 Å². The van der Waals surface area contributed by atoms with Gasteiger partial charge in [-0.2, -0.15) is 0 Å². The third kappa shape index (κ3) is 5.19. The molecule has 0 spiro atoms. The number of aryl methyl sites for hydroxylation is 1. The maximum atomic E-state index is 11.2. The lowest BCUT2D eigenvalue weighted by Crippen LogP contribution is -2.35. The minimum Gasteiger partial charge on any atom is -0.370 e. The van der Waals surface area contributed by atoms with Crippen molar-refractivity contribution in [3.05, 3.63) is 35.2 Å². The summed E-state index contributed by atoms with van der Waals surface area (Å²) in [6.45, 7) is 6.48. The van der Waals surface area contributed by atoms with Crippen LogP contribution in [0.1, 0.15) is 38.2 Å². The molecule has 0 radical (unpaired) electrons. The zero-order valence-corrected chi connectivity index (χ0v) is 18.3. The Labute approximate surface area is 182 Å². The third-order valence-electron chi connectivity index (χ3n) is 6.25. The molecule has 2 fully saturated rings. The molecule has 8 heteroatoms. The largest absolute Gasteiger partial charge is 0.370 e. The summed E-state index contributed by atoms with van der Waals surface area (Å²) in [5.74, 6) is 4.08. The molecule has 2 atom stereocenters. The Balaban J connectivity index is 1.18. The van der Waals surface area contributed by atoms with E-state index in [9.17, 15) is 4.79 Å². The number of carbonyl (C=O) groups excluding carboxylic acids is 1. The number of rotatable bonds is 7. The van der Waals surface area contributed by atoms with Crippen LogP contribution in [0.15, 0.2) is 24.7 Å². The molecule has 1 saturated carbocycles. The van der Waals surface area contributed by atoms with Crippen molar-refractivity contribution in [2.24, 2.45) is 17.8 Å². The fourth-order valence-electron chi connectivity index (χ4n) is 4.54. The van der Waals surface area contributed by atoms with Gasteiger partial charge in [0.15, 0.2) is 0 Å². The van der Waals surface area contributed by atoms with Crippen LogP contribution in [0, 0.1) is 24.7 Å². The summed E-state index contributed by atoms with van der Waals surface area (Å²) in [6.07, 6.45) is 10.0. The second kappa shape index (κ2) is 9.16. The van der Waals surface area contributed by atoms with E-state index in [-0.39, 0.29) is 5.91 Å².